The van der Waals surface area contributed by atoms with Crippen molar-refractivity contribution >= 4 is 15.9 Å². The number of benzene rings is 1. The molecule has 1 aromatic carbocycles. The van der Waals surface area contributed by atoms with Gasteiger partial charge in [-0.05, 0) is 55.0 Å². The van der Waals surface area contributed by atoms with Gasteiger partial charge in [0.05, 0.1) is 25.2 Å². The summed E-state index contributed by atoms with van der Waals surface area (Å²) >= 11 is 0. The second-order valence-corrected chi connectivity index (χ2v) is 10.1. The van der Waals surface area contributed by atoms with Crippen molar-refractivity contribution in [1.29, 1.82) is 0 Å². The van der Waals surface area contributed by atoms with Crippen molar-refractivity contribution in [3.05, 3.63) is 36.1 Å². The van der Waals surface area contributed by atoms with E-state index in [-0.39, 0.29) is 48.8 Å². The molecule has 0 bridgehead atoms. The molecule has 1 fully saturated rings. The minimum absolute atomic E-state index is 0.0378. The van der Waals surface area contributed by atoms with Gasteiger partial charge in [-0.3, -0.25) is 4.79 Å². The maximum absolute atomic E-state index is 13.0. The highest BCUT2D eigenvalue weighted by Crippen LogP contribution is 2.28. The van der Waals surface area contributed by atoms with Crippen LogP contribution in [0, 0.1) is 11.8 Å². The van der Waals surface area contributed by atoms with Gasteiger partial charge in [-0.2, -0.15) is 4.31 Å². The number of aliphatic hydroxyl groups excluding tert-OH is 1. The molecular formula is C22H32N2O7S. The Morgan fingerprint density at radius 1 is 1.25 bits per heavy atom. The third-order valence-corrected chi connectivity index (χ3v) is 7.33. The number of rotatable bonds is 12. The number of hydrogen-bond acceptors (Lipinski definition) is 7. The summed E-state index contributed by atoms with van der Waals surface area (Å²) < 4.78 is 43.6. The third kappa shape index (κ3) is 6.68. The zero-order chi connectivity index (χ0) is 23.1. The minimum Gasteiger partial charge on any atom is -0.497 e. The molecule has 1 aliphatic heterocycles. The second-order valence-electron chi connectivity index (χ2n) is 8.12. The van der Waals surface area contributed by atoms with Crippen LogP contribution < -0.4 is 10.1 Å². The van der Waals surface area contributed by atoms with E-state index in [0.717, 1.165) is 12.8 Å². The topological polar surface area (TPSA) is 114 Å². The lowest BCUT2D eigenvalue weighted by atomic mass is 10.0. The van der Waals surface area contributed by atoms with E-state index >= 15 is 0 Å². The van der Waals surface area contributed by atoms with Crippen LogP contribution in [0.25, 0.3) is 0 Å². The van der Waals surface area contributed by atoms with E-state index in [1.165, 1.54) is 23.5 Å². The summed E-state index contributed by atoms with van der Waals surface area (Å²) in [5, 5.41) is 12.2. The third-order valence-electron chi connectivity index (χ3n) is 5.42. The van der Waals surface area contributed by atoms with E-state index in [1.54, 1.807) is 18.2 Å². The molecule has 2 N–H and O–H groups in total. The Labute approximate surface area is 189 Å². The summed E-state index contributed by atoms with van der Waals surface area (Å²) in [6.07, 6.45) is 3.99. The predicted molar refractivity (Wildman–Crippen MR) is 117 cm³/mol. The smallest absolute Gasteiger partial charge is 0.286 e. The van der Waals surface area contributed by atoms with Gasteiger partial charge in [-0.15, -0.1) is 0 Å². The fourth-order valence-corrected chi connectivity index (χ4v) is 4.80. The number of nitrogens with one attached hydrogen (secondary N) is 1. The van der Waals surface area contributed by atoms with E-state index in [1.807, 2.05) is 6.92 Å². The first-order chi connectivity index (χ1) is 15.3. The van der Waals surface area contributed by atoms with Crippen molar-refractivity contribution in [1.82, 2.24) is 9.62 Å². The van der Waals surface area contributed by atoms with Crippen molar-refractivity contribution in [2.45, 2.75) is 37.4 Å². The Balaban J connectivity index is 1.55. The summed E-state index contributed by atoms with van der Waals surface area (Å²) in [5.74, 6) is 1.20. The summed E-state index contributed by atoms with van der Waals surface area (Å²) in [4.78, 5) is 12.4. The van der Waals surface area contributed by atoms with Crippen LogP contribution in [0.2, 0.25) is 0 Å². The highest BCUT2D eigenvalue weighted by atomic mass is 32.2. The van der Waals surface area contributed by atoms with Crippen LogP contribution in [0.5, 0.6) is 5.75 Å². The number of carbonyl (C=O) groups excluding carboxylic acids is 1. The molecule has 1 amide bonds. The largest absolute Gasteiger partial charge is 0.497 e. The number of methoxy groups -OCH3 is 1. The van der Waals surface area contributed by atoms with Gasteiger partial charge in [0, 0.05) is 26.1 Å². The molecular weight excluding hydrogens is 436 g/mol. The van der Waals surface area contributed by atoms with E-state index in [4.69, 9.17) is 14.2 Å². The van der Waals surface area contributed by atoms with E-state index in [0.29, 0.717) is 24.6 Å². The van der Waals surface area contributed by atoms with E-state index in [2.05, 4.69) is 5.32 Å². The van der Waals surface area contributed by atoms with Gasteiger partial charge in [-0.25, -0.2) is 8.42 Å². The standard InChI is InChI=1S/C22H32N2O7S/c1-16-13-20(22(26)23-15-17-3-4-17)31-21(14-16)30-12-10-24(9-11-25)32(27,28)19-7-5-18(29-2)6-8-19/h5-8,13,16-17,21,25H,3-4,9-12,14-15H2,1-2H3,(H,23,26)/t16-,21+/m0/s1. The Bertz CT molecular complexity index is 897. The Kier molecular flexibility index (Phi) is 8.52. The Morgan fingerprint density at radius 2 is 1.97 bits per heavy atom. The minimum atomic E-state index is -3.81. The molecule has 1 aliphatic carbocycles. The van der Waals surface area contributed by atoms with Crippen LogP contribution in [-0.4, -0.2) is 70.0 Å². The van der Waals surface area contributed by atoms with Gasteiger partial charge >= 0.3 is 0 Å². The Morgan fingerprint density at radius 3 is 2.59 bits per heavy atom. The molecule has 9 nitrogen and oxygen atoms in total. The number of aliphatic hydroxyl groups is 1. The van der Waals surface area contributed by atoms with Crippen molar-refractivity contribution in [2.75, 3.05) is 40.0 Å². The molecule has 0 radical (unpaired) electrons. The van der Waals surface area contributed by atoms with Crippen molar-refractivity contribution in [3.63, 3.8) is 0 Å². The molecule has 10 heteroatoms. The lowest BCUT2D eigenvalue weighted by Gasteiger charge is -2.28. The average molecular weight is 469 g/mol. The van der Waals surface area contributed by atoms with Gasteiger partial charge in [-0.1, -0.05) is 6.92 Å². The van der Waals surface area contributed by atoms with Crippen LogP contribution in [0.3, 0.4) is 0 Å². The van der Waals surface area contributed by atoms with Crippen LogP contribution in [-0.2, 0) is 24.3 Å². The molecule has 178 valence electrons. The fraction of sp³-hybridized carbons (Fsp3) is 0.591. The SMILES string of the molecule is COc1ccc(S(=O)(=O)N(CCO)CCO[C@H]2C[C@@H](C)C=C(C(=O)NCC3CC3)O2)cc1. The number of ether oxygens (including phenoxy) is 3. The number of hydrogen-bond donors (Lipinski definition) is 2. The molecule has 1 heterocycles. The van der Waals surface area contributed by atoms with Crippen LogP contribution in [0.4, 0.5) is 0 Å². The monoisotopic (exact) mass is 468 g/mol. The van der Waals surface area contributed by atoms with Gasteiger partial charge in [0.15, 0.2) is 5.76 Å². The van der Waals surface area contributed by atoms with E-state index < -0.39 is 16.3 Å². The van der Waals surface area contributed by atoms with Gasteiger partial charge < -0.3 is 24.6 Å². The van der Waals surface area contributed by atoms with Crippen LogP contribution in [0.15, 0.2) is 41.0 Å². The number of amides is 1. The van der Waals surface area contributed by atoms with Crippen LogP contribution >= 0.6 is 0 Å². The first kappa shape index (κ1) is 24.5. The molecule has 0 aromatic heterocycles. The number of nitrogens with zero attached hydrogens (tertiary/aromatic N) is 1. The second kappa shape index (κ2) is 11.1. The molecule has 2 aliphatic rings. The number of carbonyl (C=O) groups is 1. The summed E-state index contributed by atoms with van der Waals surface area (Å²) in [6, 6.07) is 6.06. The number of sulfonamides is 1. The van der Waals surface area contributed by atoms with Gasteiger partial charge in [0.2, 0.25) is 16.3 Å². The molecule has 3 rings (SSSR count). The lowest BCUT2D eigenvalue weighted by molar-refractivity contribution is -0.148. The molecule has 0 unspecified atom stereocenters. The molecule has 0 saturated heterocycles. The van der Waals surface area contributed by atoms with Crippen LogP contribution in [0.1, 0.15) is 26.2 Å². The average Bonchev–Trinajstić information content (AvgIpc) is 3.61. The summed E-state index contributed by atoms with van der Waals surface area (Å²) in [6.45, 7) is 2.34. The van der Waals surface area contributed by atoms with Gasteiger partial charge in [0.1, 0.15) is 5.75 Å². The zero-order valence-electron chi connectivity index (χ0n) is 18.5. The first-order valence-electron chi connectivity index (χ1n) is 10.9. The first-order valence-corrected chi connectivity index (χ1v) is 12.3. The Hall–Kier alpha value is -2.14. The summed E-state index contributed by atoms with van der Waals surface area (Å²) in [5.41, 5.74) is 0. The maximum atomic E-state index is 13.0. The molecule has 2 atom stereocenters. The molecule has 1 aromatic rings. The predicted octanol–water partition coefficient (Wildman–Crippen LogP) is 1.49. The molecule has 1 saturated carbocycles. The van der Waals surface area contributed by atoms with Crippen molar-refractivity contribution in [3.8, 4) is 5.75 Å². The highest BCUT2D eigenvalue weighted by Gasteiger charge is 2.29. The number of allylic oxidation sites excluding steroid dienone is 1. The maximum Gasteiger partial charge on any atom is 0.286 e. The summed E-state index contributed by atoms with van der Waals surface area (Å²) in [7, 11) is -2.31. The van der Waals surface area contributed by atoms with Crippen molar-refractivity contribution in [2.24, 2.45) is 11.8 Å². The fourth-order valence-electron chi connectivity index (χ4n) is 3.38. The molecule has 32 heavy (non-hydrogen) atoms. The normalized spacial score (nSPS) is 21.1. The highest BCUT2D eigenvalue weighted by molar-refractivity contribution is 7.89. The van der Waals surface area contributed by atoms with E-state index in [9.17, 15) is 18.3 Å². The lowest BCUT2D eigenvalue weighted by Crippen LogP contribution is -2.38. The van der Waals surface area contributed by atoms with Gasteiger partial charge in [0.25, 0.3) is 5.91 Å². The zero-order valence-corrected chi connectivity index (χ0v) is 19.3. The quantitative estimate of drug-likeness (QED) is 0.478. The van der Waals surface area contributed by atoms with Crippen molar-refractivity contribution < 1.29 is 32.5 Å². The molecule has 0 spiro atoms.